The maximum Gasteiger partial charge on any atom is 0.418 e. The fourth-order valence-electron chi connectivity index (χ4n) is 3.96. The standard InChI is InChI=1S/C23H18ClF3N2O2/c1-3-31-20(30)12-29-13(2)21(17-11-14(24)7-8-19(17)29)15-9-10-28-22-16(15)5-4-6-18(22)23(25,26)27/h4-11H,3,12H2,1-2H3. The molecule has 4 nitrogen and oxygen atoms in total. The second kappa shape index (κ2) is 7.89. The topological polar surface area (TPSA) is 44.1 Å². The van der Waals surface area contributed by atoms with Gasteiger partial charge in [-0.1, -0.05) is 23.7 Å². The highest BCUT2D eigenvalue weighted by Crippen LogP contribution is 2.41. The molecular weight excluding hydrogens is 429 g/mol. The number of carbonyl (C=O) groups excluding carboxylic acids is 1. The van der Waals surface area contributed by atoms with Gasteiger partial charge < -0.3 is 9.30 Å². The number of esters is 1. The van der Waals surface area contributed by atoms with E-state index in [-0.39, 0.29) is 18.7 Å². The number of rotatable bonds is 4. The van der Waals surface area contributed by atoms with Crippen molar-refractivity contribution in [1.82, 2.24) is 9.55 Å². The van der Waals surface area contributed by atoms with Gasteiger partial charge in [0.15, 0.2) is 0 Å². The highest BCUT2D eigenvalue weighted by Gasteiger charge is 2.33. The first kappa shape index (κ1) is 21.2. The molecule has 0 spiro atoms. The van der Waals surface area contributed by atoms with E-state index in [1.807, 2.05) is 6.92 Å². The van der Waals surface area contributed by atoms with Crippen LogP contribution in [0.4, 0.5) is 13.2 Å². The van der Waals surface area contributed by atoms with Gasteiger partial charge in [0.1, 0.15) is 6.54 Å². The molecule has 2 aromatic heterocycles. The number of hydrogen-bond donors (Lipinski definition) is 0. The van der Waals surface area contributed by atoms with Gasteiger partial charge in [-0.25, -0.2) is 0 Å². The van der Waals surface area contributed by atoms with Crippen molar-refractivity contribution in [2.24, 2.45) is 0 Å². The summed E-state index contributed by atoms with van der Waals surface area (Å²) >= 11 is 6.24. The fourth-order valence-corrected chi connectivity index (χ4v) is 4.13. The second-order valence-electron chi connectivity index (χ2n) is 7.07. The summed E-state index contributed by atoms with van der Waals surface area (Å²) in [5.41, 5.74) is 1.83. The summed E-state index contributed by atoms with van der Waals surface area (Å²) in [6.07, 6.45) is -3.16. The van der Waals surface area contributed by atoms with Crippen LogP contribution < -0.4 is 0 Å². The first-order valence-corrected chi connectivity index (χ1v) is 9.99. The van der Waals surface area contributed by atoms with Crippen LogP contribution in [0.15, 0.2) is 48.7 Å². The van der Waals surface area contributed by atoms with Crippen molar-refractivity contribution in [3.05, 3.63) is 64.9 Å². The first-order valence-electron chi connectivity index (χ1n) is 9.61. The minimum atomic E-state index is -4.53. The molecule has 4 rings (SSSR count). The third-order valence-corrected chi connectivity index (χ3v) is 5.46. The molecule has 0 amide bonds. The van der Waals surface area contributed by atoms with Gasteiger partial charge in [0.25, 0.3) is 0 Å². The number of hydrogen-bond acceptors (Lipinski definition) is 3. The lowest BCUT2D eigenvalue weighted by atomic mass is 9.97. The molecule has 160 valence electrons. The van der Waals surface area contributed by atoms with Crippen LogP contribution in [-0.2, 0) is 22.3 Å². The Bertz CT molecular complexity index is 1310. The van der Waals surface area contributed by atoms with Crippen LogP contribution in [0.1, 0.15) is 18.2 Å². The molecule has 0 aliphatic rings. The normalized spacial score (nSPS) is 11.9. The molecule has 0 unspecified atom stereocenters. The lowest BCUT2D eigenvalue weighted by Gasteiger charge is -2.13. The van der Waals surface area contributed by atoms with Crippen LogP contribution >= 0.6 is 11.6 Å². The molecule has 0 atom stereocenters. The average Bonchev–Trinajstić information content (AvgIpc) is 2.97. The summed E-state index contributed by atoms with van der Waals surface area (Å²) in [5, 5.41) is 1.59. The van der Waals surface area contributed by atoms with Crippen LogP contribution in [0.5, 0.6) is 0 Å². The number of fused-ring (bicyclic) bond motifs is 2. The molecule has 2 aromatic carbocycles. The number of carbonyl (C=O) groups is 1. The number of nitrogens with zero attached hydrogens (tertiary/aromatic N) is 2. The highest BCUT2D eigenvalue weighted by atomic mass is 35.5. The van der Waals surface area contributed by atoms with Crippen LogP contribution in [0.25, 0.3) is 32.9 Å². The Hall–Kier alpha value is -3.06. The Labute approximate surface area is 181 Å². The number of alkyl halides is 3. The molecule has 0 saturated carbocycles. The van der Waals surface area contributed by atoms with E-state index in [0.717, 1.165) is 22.7 Å². The number of halogens is 4. The second-order valence-corrected chi connectivity index (χ2v) is 7.51. The first-order chi connectivity index (χ1) is 14.7. The third-order valence-electron chi connectivity index (χ3n) is 5.22. The summed E-state index contributed by atoms with van der Waals surface area (Å²) in [7, 11) is 0. The monoisotopic (exact) mass is 446 g/mol. The van der Waals surface area contributed by atoms with Crippen molar-refractivity contribution in [1.29, 1.82) is 0 Å². The molecule has 31 heavy (non-hydrogen) atoms. The molecule has 2 heterocycles. The predicted octanol–water partition coefficient (Wildman–Crippen LogP) is 6.40. The Kier molecular flexibility index (Phi) is 5.39. The Morgan fingerprint density at radius 2 is 1.94 bits per heavy atom. The maximum atomic E-state index is 13.5. The van der Waals surface area contributed by atoms with Gasteiger partial charge in [0.05, 0.1) is 17.7 Å². The zero-order valence-corrected chi connectivity index (χ0v) is 17.5. The molecular formula is C23H18ClF3N2O2. The number of aromatic nitrogens is 2. The van der Waals surface area contributed by atoms with E-state index in [2.05, 4.69) is 4.98 Å². The summed E-state index contributed by atoms with van der Waals surface area (Å²) in [5.74, 6) is -0.400. The van der Waals surface area contributed by atoms with Gasteiger partial charge in [0.2, 0.25) is 0 Å². The van der Waals surface area contributed by atoms with E-state index in [4.69, 9.17) is 16.3 Å². The van der Waals surface area contributed by atoms with Crippen molar-refractivity contribution in [3.8, 4) is 11.1 Å². The Balaban J connectivity index is 2.03. The Morgan fingerprint density at radius 1 is 1.16 bits per heavy atom. The van der Waals surface area contributed by atoms with E-state index in [1.54, 1.807) is 41.8 Å². The van der Waals surface area contributed by atoms with E-state index in [1.165, 1.54) is 12.3 Å². The number of pyridine rings is 1. The van der Waals surface area contributed by atoms with Gasteiger partial charge in [-0.05, 0) is 49.7 Å². The molecule has 0 saturated heterocycles. The van der Waals surface area contributed by atoms with Crippen molar-refractivity contribution in [2.45, 2.75) is 26.6 Å². The zero-order chi connectivity index (χ0) is 22.3. The van der Waals surface area contributed by atoms with Gasteiger partial charge in [-0.2, -0.15) is 13.2 Å². The van der Waals surface area contributed by atoms with Crippen molar-refractivity contribution >= 4 is 39.4 Å². The molecule has 0 aliphatic carbocycles. The molecule has 0 bridgehead atoms. The maximum absolute atomic E-state index is 13.5. The molecule has 8 heteroatoms. The fraction of sp³-hybridized carbons (Fsp3) is 0.217. The largest absolute Gasteiger partial charge is 0.465 e. The number of para-hydroxylation sites is 1. The lowest BCUT2D eigenvalue weighted by Crippen LogP contribution is -2.14. The van der Waals surface area contributed by atoms with Crippen LogP contribution in [0, 0.1) is 6.92 Å². The SMILES string of the molecule is CCOC(=O)Cn1c(C)c(-c2ccnc3c(C(F)(F)F)cccc23)c2cc(Cl)ccc21. The van der Waals surface area contributed by atoms with Gasteiger partial charge in [-0.3, -0.25) is 9.78 Å². The van der Waals surface area contributed by atoms with Gasteiger partial charge >= 0.3 is 12.1 Å². The highest BCUT2D eigenvalue weighted by molar-refractivity contribution is 6.31. The van der Waals surface area contributed by atoms with E-state index >= 15 is 0 Å². The molecule has 0 fully saturated rings. The smallest absolute Gasteiger partial charge is 0.418 e. The predicted molar refractivity (Wildman–Crippen MR) is 114 cm³/mol. The van der Waals surface area contributed by atoms with Crippen molar-refractivity contribution in [3.63, 3.8) is 0 Å². The van der Waals surface area contributed by atoms with Crippen LogP contribution in [0.3, 0.4) is 0 Å². The minimum absolute atomic E-state index is 0.0192. The summed E-state index contributed by atoms with van der Waals surface area (Å²) in [6.45, 7) is 3.78. The van der Waals surface area contributed by atoms with E-state index in [0.29, 0.717) is 21.5 Å². The molecule has 0 aliphatic heterocycles. The Morgan fingerprint density at radius 3 is 2.65 bits per heavy atom. The van der Waals surface area contributed by atoms with E-state index < -0.39 is 17.7 Å². The molecule has 0 N–H and O–H groups in total. The molecule has 0 radical (unpaired) electrons. The zero-order valence-electron chi connectivity index (χ0n) is 16.8. The quantitative estimate of drug-likeness (QED) is 0.341. The minimum Gasteiger partial charge on any atom is -0.465 e. The average molecular weight is 447 g/mol. The number of benzene rings is 2. The third kappa shape index (κ3) is 3.74. The number of ether oxygens (including phenoxy) is 1. The van der Waals surface area contributed by atoms with Crippen LogP contribution in [-0.4, -0.2) is 22.1 Å². The van der Waals surface area contributed by atoms with Gasteiger partial charge in [-0.15, -0.1) is 0 Å². The molecule has 4 aromatic rings. The van der Waals surface area contributed by atoms with Crippen molar-refractivity contribution < 1.29 is 22.7 Å². The van der Waals surface area contributed by atoms with E-state index in [9.17, 15) is 18.0 Å². The van der Waals surface area contributed by atoms with Gasteiger partial charge in [0, 0.05) is 38.8 Å². The van der Waals surface area contributed by atoms with Crippen molar-refractivity contribution in [2.75, 3.05) is 6.61 Å². The summed E-state index contributed by atoms with van der Waals surface area (Å²) < 4.78 is 47.5. The summed E-state index contributed by atoms with van der Waals surface area (Å²) in [4.78, 5) is 16.2. The lowest BCUT2D eigenvalue weighted by molar-refractivity contribution is -0.143. The summed E-state index contributed by atoms with van der Waals surface area (Å²) in [6, 6.07) is 10.9. The van der Waals surface area contributed by atoms with Crippen LogP contribution in [0.2, 0.25) is 5.02 Å².